The van der Waals surface area contributed by atoms with Crippen molar-refractivity contribution in [3.63, 3.8) is 0 Å². The van der Waals surface area contributed by atoms with E-state index < -0.39 is 0 Å². The van der Waals surface area contributed by atoms with Gasteiger partial charge in [0.1, 0.15) is 5.82 Å². The predicted molar refractivity (Wildman–Crippen MR) is 112 cm³/mol. The van der Waals surface area contributed by atoms with Crippen molar-refractivity contribution in [2.24, 2.45) is 0 Å². The highest BCUT2D eigenvalue weighted by Crippen LogP contribution is 2.26. The zero-order valence-corrected chi connectivity index (χ0v) is 16.2. The van der Waals surface area contributed by atoms with Crippen LogP contribution < -0.4 is 0 Å². The SMILES string of the molecule is Cc1ncc2c(n1)CCN(Cc1cn(Cc3ccccc3)c3ccccc13)C2. The van der Waals surface area contributed by atoms with Crippen molar-refractivity contribution in [1.29, 1.82) is 0 Å². The summed E-state index contributed by atoms with van der Waals surface area (Å²) in [5, 5.41) is 1.35. The molecule has 2 aromatic heterocycles. The topological polar surface area (TPSA) is 34.0 Å². The van der Waals surface area contributed by atoms with E-state index in [1.54, 1.807) is 0 Å². The largest absolute Gasteiger partial charge is 0.343 e. The number of para-hydroxylation sites is 1. The van der Waals surface area contributed by atoms with E-state index in [9.17, 15) is 0 Å². The fraction of sp³-hybridized carbons (Fsp3) is 0.250. The molecule has 3 heterocycles. The van der Waals surface area contributed by atoms with Gasteiger partial charge in [0.2, 0.25) is 0 Å². The van der Waals surface area contributed by atoms with E-state index >= 15 is 0 Å². The third kappa shape index (κ3) is 3.32. The molecular formula is C24H24N4. The number of rotatable bonds is 4. The minimum atomic E-state index is 0.871. The van der Waals surface area contributed by atoms with Gasteiger partial charge in [-0.1, -0.05) is 48.5 Å². The third-order valence-electron chi connectivity index (χ3n) is 5.59. The first kappa shape index (κ1) is 17.1. The maximum absolute atomic E-state index is 4.61. The fourth-order valence-electron chi connectivity index (χ4n) is 4.21. The van der Waals surface area contributed by atoms with E-state index in [0.29, 0.717) is 0 Å². The highest BCUT2D eigenvalue weighted by molar-refractivity contribution is 5.84. The zero-order valence-electron chi connectivity index (χ0n) is 16.2. The molecule has 4 aromatic rings. The van der Waals surface area contributed by atoms with Crippen LogP contribution in [0.1, 0.15) is 28.2 Å². The smallest absolute Gasteiger partial charge is 0.125 e. The van der Waals surface area contributed by atoms with E-state index in [0.717, 1.165) is 38.4 Å². The molecule has 140 valence electrons. The van der Waals surface area contributed by atoms with E-state index in [2.05, 4.69) is 80.2 Å². The first-order chi connectivity index (χ1) is 13.8. The standard InChI is InChI=1S/C24H24N4/c1-18-25-13-20-15-27(12-11-23(20)26-18)16-21-17-28(14-19-7-3-2-4-8-19)24-10-6-5-9-22(21)24/h2-10,13,17H,11-12,14-16H2,1H3. The molecule has 0 N–H and O–H groups in total. The number of benzene rings is 2. The van der Waals surface area contributed by atoms with E-state index in [4.69, 9.17) is 0 Å². The molecule has 0 bridgehead atoms. The Morgan fingerprint density at radius 2 is 1.79 bits per heavy atom. The minimum Gasteiger partial charge on any atom is -0.343 e. The molecule has 4 nitrogen and oxygen atoms in total. The number of nitrogens with zero attached hydrogens (tertiary/aromatic N) is 4. The number of aromatic nitrogens is 3. The van der Waals surface area contributed by atoms with Crippen molar-refractivity contribution in [3.8, 4) is 0 Å². The van der Waals surface area contributed by atoms with Crippen LogP contribution in [0.2, 0.25) is 0 Å². The number of aryl methyl sites for hydroxylation is 1. The van der Waals surface area contributed by atoms with Gasteiger partial charge >= 0.3 is 0 Å². The summed E-state index contributed by atoms with van der Waals surface area (Å²) in [7, 11) is 0. The van der Waals surface area contributed by atoms with Crippen molar-refractivity contribution >= 4 is 10.9 Å². The summed E-state index contributed by atoms with van der Waals surface area (Å²) < 4.78 is 2.38. The number of hydrogen-bond donors (Lipinski definition) is 0. The molecule has 0 spiro atoms. The summed E-state index contributed by atoms with van der Waals surface area (Å²) in [6.07, 6.45) is 5.34. The van der Waals surface area contributed by atoms with Crippen molar-refractivity contribution in [3.05, 3.63) is 95.2 Å². The van der Waals surface area contributed by atoms with E-state index in [-0.39, 0.29) is 0 Å². The maximum atomic E-state index is 4.61. The summed E-state index contributed by atoms with van der Waals surface area (Å²) >= 11 is 0. The van der Waals surface area contributed by atoms with Gasteiger partial charge < -0.3 is 4.57 Å². The Morgan fingerprint density at radius 1 is 0.964 bits per heavy atom. The lowest BCUT2D eigenvalue weighted by molar-refractivity contribution is 0.243. The van der Waals surface area contributed by atoms with Crippen molar-refractivity contribution in [2.45, 2.75) is 33.0 Å². The van der Waals surface area contributed by atoms with Crippen molar-refractivity contribution in [1.82, 2.24) is 19.4 Å². The molecule has 0 fully saturated rings. The van der Waals surface area contributed by atoms with Crippen LogP contribution in [0.25, 0.3) is 10.9 Å². The van der Waals surface area contributed by atoms with Crippen LogP contribution in [-0.4, -0.2) is 26.0 Å². The molecule has 4 heteroatoms. The van der Waals surface area contributed by atoms with Gasteiger partial charge in [-0.15, -0.1) is 0 Å². The molecule has 0 unspecified atom stereocenters. The summed E-state index contributed by atoms with van der Waals surface area (Å²) in [5.41, 5.74) is 6.51. The minimum absolute atomic E-state index is 0.871. The van der Waals surface area contributed by atoms with Gasteiger partial charge in [0.25, 0.3) is 0 Å². The van der Waals surface area contributed by atoms with E-state index in [1.807, 2.05) is 13.1 Å². The molecule has 0 amide bonds. The summed E-state index contributed by atoms with van der Waals surface area (Å²) in [6, 6.07) is 19.4. The van der Waals surface area contributed by atoms with Gasteiger partial charge in [0.05, 0.1) is 0 Å². The molecule has 2 aromatic carbocycles. The van der Waals surface area contributed by atoms with Crippen LogP contribution >= 0.6 is 0 Å². The molecule has 0 aliphatic carbocycles. The maximum Gasteiger partial charge on any atom is 0.125 e. The van der Waals surface area contributed by atoms with Crippen molar-refractivity contribution in [2.75, 3.05) is 6.54 Å². The van der Waals surface area contributed by atoms with Gasteiger partial charge in [-0.2, -0.15) is 0 Å². The lowest BCUT2D eigenvalue weighted by atomic mass is 10.1. The summed E-state index contributed by atoms with van der Waals surface area (Å²) in [4.78, 5) is 11.5. The second kappa shape index (κ2) is 7.21. The molecule has 0 saturated heterocycles. The second-order valence-electron chi connectivity index (χ2n) is 7.63. The predicted octanol–water partition coefficient (Wildman–Crippen LogP) is 4.35. The van der Waals surface area contributed by atoms with Crippen LogP contribution in [0.4, 0.5) is 0 Å². The van der Waals surface area contributed by atoms with Gasteiger partial charge in [-0.3, -0.25) is 4.90 Å². The molecule has 1 aliphatic heterocycles. The Bertz CT molecular complexity index is 1110. The molecule has 5 rings (SSSR count). The monoisotopic (exact) mass is 368 g/mol. The zero-order chi connectivity index (χ0) is 18.9. The van der Waals surface area contributed by atoms with Gasteiger partial charge in [0, 0.05) is 67.2 Å². The highest BCUT2D eigenvalue weighted by atomic mass is 15.1. The van der Waals surface area contributed by atoms with Crippen LogP contribution in [0, 0.1) is 6.92 Å². The Kier molecular flexibility index (Phi) is 4.41. The molecule has 0 atom stereocenters. The number of fused-ring (bicyclic) bond motifs is 2. The first-order valence-electron chi connectivity index (χ1n) is 9.91. The first-order valence-corrected chi connectivity index (χ1v) is 9.91. The summed E-state index contributed by atoms with van der Waals surface area (Å²) in [6.45, 7) is 5.79. The molecule has 0 radical (unpaired) electrons. The normalized spacial score (nSPS) is 14.3. The van der Waals surface area contributed by atoms with Gasteiger partial charge in [-0.25, -0.2) is 9.97 Å². The van der Waals surface area contributed by atoms with Crippen LogP contribution in [0.15, 0.2) is 67.0 Å². The van der Waals surface area contributed by atoms with Gasteiger partial charge in [-0.05, 0) is 24.1 Å². The average Bonchev–Trinajstić information content (AvgIpc) is 3.06. The van der Waals surface area contributed by atoms with Crippen molar-refractivity contribution < 1.29 is 0 Å². The lowest BCUT2D eigenvalue weighted by Crippen LogP contribution is -2.31. The number of hydrogen-bond acceptors (Lipinski definition) is 3. The van der Waals surface area contributed by atoms with Gasteiger partial charge in [0.15, 0.2) is 0 Å². The van der Waals surface area contributed by atoms with Crippen LogP contribution in [-0.2, 0) is 26.1 Å². The molecule has 28 heavy (non-hydrogen) atoms. The molecule has 0 saturated carbocycles. The van der Waals surface area contributed by atoms with E-state index in [1.165, 1.54) is 33.3 Å². The van der Waals surface area contributed by atoms with Crippen LogP contribution in [0.5, 0.6) is 0 Å². The Balaban J connectivity index is 1.43. The fourth-order valence-corrected chi connectivity index (χ4v) is 4.21. The van der Waals surface area contributed by atoms with Crippen LogP contribution in [0.3, 0.4) is 0 Å². The highest BCUT2D eigenvalue weighted by Gasteiger charge is 2.19. The Labute approximate surface area is 165 Å². The molecular weight excluding hydrogens is 344 g/mol. The Morgan fingerprint density at radius 3 is 2.68 bits per heavy atom. The third-order valence-corrected chi connectivity index (χ3v) is 5.59. The Hall–Kier alpha value is -2.98. The average molecular weight is 368 g/mol. The quantitative estimate of drug-likeness (QED) is 0.537. The second-order valence-corrected chi connectivity index (χ2v) is 7.63. The molecule has 1 aliphatic rings. The summed E-state index contributed by atoms with van der Waals surface area (Å²) in [5.74, 6) is 0.871. The lowest BCUT2D eigenvalue weighted by Gasteiger charge is -2.27.